The summed E-state index contributed by atoms with van der Waals surface area (Å²) < 4.78 is 0. The van der Waals surface area contributed by atoms with E-state index < -0.39 is 0 Å². The van der Waals surface area contributed by atoms with Crippen LogP contribution in [0.1, 0.15) is 38.5 Å². The zero-order valence-corrected chi connectivity index (χ0v) is 8.86. The van der Waals surface area contributed by atoms with Gasteiger partial charge in [-0.15, -0.1) is 0 Å². The van der Waals surface area contributed by atoms with Crippen LogP contribution < -0.4 is 0 Å². The molecular weight excluding hydrogens is 168 g/mol. The van der Waals surface area contributed by atoms with Crippen molar-refractivity contribution >= 4 is 0 Å². The van der Waals surface area contributed by atoms with Crippen LogP contribution in [0.3, 0.4) is 0 Å². The maximum Gasteiger partial charge on any atom is -0.0349 e. The molecule has 0 heteroatoms. The van der Waals surface area contributed by atoms with Crippen molar-refractivity contribution < 1.29 is 0 Å². The molecule has 8 atom stereocenters. The molecule has 8 unspecified atom stereocenters. The fourth-order valence-electron chi connectivity index (χ4n) is 7.05. The molecule has 0 saturated heterocycles. The van der Waals surface area contributed by atoms with E-state index in [2.05, 4.69) is 0 Å². The van der Waals surface area contributed by atoms with E-state index in [1.165, 1.54) is 47.3 Å². The van der Waals surface area contributed by atoms with Gasteiger partial charge in [-0.1, -0.05) is 0 Å². The van der Waals surface area contributed by atoms with E-state index in [1.807, 2.05) is 0 Å². The molecular formula is C14H20. The summed E-state index contributed by atoms with van der Waals surface area (Å²) in [6.07, 6.45) is 9.90. The molecule has 76 valence electrons. The molecule has 0 aromatic heterocycles. The Bertz CT molecular complexity index is 256. The quantitative estimate of drug-likeness (QED) is 0.547. The lowest BCUT2D eigenvalue weighted by atomic mass is 9.59. The van der Waals surface area contributed by atoms with Crippen molar-refractivity contribution in [3.63, 3.8) is 0 Å². The molecule has 0 amide bonds. The Morgan fingerprint density at radius 2 is 0.643 bits per heavy atom. The van der Waals surface area contributed by atoms with E-state index in [-0.39, 0.29) is 0 Å². The molecule has 14 heavy (non-hydrogen) atoms. The summed E-state index contributed by atoms with van der Waals surface area (Å²) >= 11 is 0. The SMILES string of the molecule is C1CC2C3CC4C5CCC3C1C5CC24. The van der Waals surface area contributed by atoms with Gasteiger partial charge in [0.1, 0.15) is 0 Å². The molecule has 5 fully saturated rings. The first-order chi connectivity index (χ1) is 6.93. The van der Waals surface area contributed by atoms with Crippen LogP contribution in [0.5, 0.6) is 0 Å². The Morgan fingerprint density at radius 3 is 1.07 bits per heavy atom. The predicted octanol–water partition coefficient (Wildman–Crippen LogP) is 3.32. The molecule has 8 bridgehead atoms. The van der Waals surface area contributed by atoms with Gasteiger partial charge in [0.15, 0.2) is 0 Å². The molecule has 0 aromatic carbocycles. The topological polar surface area (TPSA) is 0 Å². The van der Waals surface area contributed by atoms with Crippen molar-refractivity contribution in [2.24, 2.45) is 47.3 Å². The van der Waals surface area contributed by atoms with Crippen LogP contribution in [-0.2, 0) is 0 Å². The lowest BCUT2D eigenvalue weighted by Gasteiger charge is -2.46. The maximum absolute atomic E-state index is 1.68. The largest absolute Gasteiger partial charge is 0.0496 e. The Kier molecular flexibility index (Phi) is 1.08. The molecule has 5 aliphatic rings. The first-order valence-corrected chi connectivity index (χ1v) is 6.93. The fourth-order valence-corrected chi connectivity index (χ4v) is 7.05. The van der Waals surface area contributed by atoms with Crippen molar-refractivity contribution in [3.8, 4) is 0 Å². The van der Waals surface area contributed by atoms with E-state index in [0.717, 1.165) is 0 Å². The highest BCUT2D eigenvalue weighted by atomic mass is 14.7. The normalized spacial score (nSPS) is 72.0. The van der Waals surface area contributed by atoms with Crippen molar-refractivity contribution in [2.45, 2.75) is 38.5 Å². The molecule has 0 aromatic rings. The van der Waals surface area contributed by atoms with E-state index in [4.69, 9.17) is 0 Å². The van der Waals surface area contributed by atoms with Gasteiger partial charge in [0.25, 0.3) is 0 Å². The minimum Gasteiger partial charge on any atom is -0.0496 e. The van der Waals surface area contributed by atoms with Gasteiger partial charge < -0.3 is 0 Å². The van der Waals surface area contributed by atoms with Crippen LogP contribution in [0.25, 0.3) is 0 Å². The minimum atomic E-state index is 1.22. The second-order valence-electron chi connectivity index (χ2n) is 6.94. The van der Waals surface area contributed by atoms with Gasteiger partial charge in [-0.3, -0.25) is 0 Å². The third kappa shape index (κ3) is 0.581. The second-order valence-corrected chi connectivity index (χ2v) is 6.94. The third-order valence-corrected chi connectivity index (χ3v) is 7.15. The zero-order valence-electron chi connectivity index (χ0n) is 8.86. The summed E-state index contributed by atoms with van der Waals surface area (Å²) in [6.45, 7) is 0. The standard InChI is InChI=1S/C14H20/c1-3-9-12-6-14-10-4-2-8(12)7(1)11(10)5-13(9)14/h7-14H,1-6H2. The molecule has 0 radical (unpaired) electrons. The lowest BCUT2D eigenvalue weighted by molar-refractivity contribution is 0.0321. The van der Waals surface area contributed by atoms with Crippen molar-refractivity contribution in [1.82, 2.24) is 0 Å². The highest BCUT2D eigenvalue weighted by Gasteiger charge is 2.65. The van der Waals surface area contributed by atoms with Crippen LogP contribution in [0.4, 0.5) is 0 Å². The van der Waals surface area contributed by atoms with Gasteiger partial charge in [0.2, 0.25) is 0 Å². The summed E-state index contributed by atoms with van der Waals surface area (Å²) in [5.74, 6) is 9.77. The minimum absolute atomic E-state index is 1.22. The lowest BCUT2D eigenvalue weighted by Crippen LogP contribution is -2.38. The maximum atomic E-state index is 1.68. The van der Waals surface area contributed by atoms with Gasteiger partial charge in [-0.25, -0.2) is 0 Å². The number of hydrogen-bond acceptors (Lipinski definition) is 0. The van der Waals surface area contributed by atoms with Crippen molar-refractivity contribution in [2.75, 3.05) is 0 Å². The van der Waals surface area contributed by atoms with Crippen LogP contribution in [0.2, 0.25) is 0 Å². The van der Waals surface area contributed by atoms with E-state index in [9.17, 15) is 0 Å². The van der Waals surface area contributed by atoms with Gasteiger partial charge in [0.05, 0.1) is 0 Å². The van der Waals surface area contributed by atoms with Gasteiger partial charge >= 0.3 is 0 Å². The Balaban J connectivity index is 1.79. The Hall–Kier alpha value is 0. The Labute approximate surface area is 86.5 Å². The van der Waals surface area contributed by atoms with E-state index in [1.54, 1.807) is 38.5 Å². The number of hydrogen-bond donors (Lipinski definition) is 0. The smallest absolute Gasteiger partial charge is 0.0349 e. The predicted molar refractivity (Wildman–Crippen MR) is 55.6 cm³/mol. The van der Waals surface area contributed by atoms with Gasteiger partial charge in [0, 0.05) is 0 Å². The summed E-state index contributed by atoms with van der Waals surface area (Å²) in [5, 5.41) is 0. The monoisotopic (exact) mass is 188 g/mol. The molecule has 0 aliphatic heterocycles. The highest BCUT2D eigenvalue weighted by molar-refractivity contribution is 5.13. The molecule has 0 nitrogen and oxygen atoms in total. The van der Waals surface area contributed by atoms with Crippen LogP contribution in [-0.4, -0.2) is 0 Å². The summed E-state index contributed by atoms with van der Waals surface area (Å²) in [4.78, 5) is 0. The fraction of sp³-hybridized carbons (Fsp3) is 1.00. The highest BCUT2D eigenvalue weighted by Crippen LogP contribution is 2.72. The second kappa shape index (κ2) is 2.08. The first kappa shape index (κ1) is 7.30. The summed E-state index contributed by atoms with van der Waals surface area (Å²) in [7, 11) is 0. The number of rotatable bonds is 0. The Morgan fingerprint density at radius 1 is 0.357 bits per heavy atom. The molecule has 5 rings (SSSR count). The van der Waals surface area contributed by atoms with Gasteiger partial charge in [-0.05, 0) is 85.9 Å². The van der Waals surface area contributed by atoms with E-state index in [0.29, 0.717) is 0 Å². The van der Waals surface area contributed by atoms with Crippen LogP contribution in [0.15, 0.2) is 0 Å². The van der Waals surface area contributed by atoms with Crippen LogP contribution in [0, 0.1) is 47.3 Å². The first-order valence-electron chi connectivity index (χ1n) is 6.93. The summed E-state index contributed by atoms with van der Waals surface area (Å²) in [6, 6.07) is 0. The molecule has 0 spiro atoms. The van der Waals surface area contributed by atoms with Crippen LogP contribution >= 0.6 is 0 Å². The third-order valence-electron chi connectivity index (χ3n) is 7.15. The molecule has 5 saturated carbocycles. The summed E-state index contributed by atoms with van der Waals surface area (Å²) in [5.41, 5.74) is 0. The molecule has 0 heterocycles. The van der Waals surface area contributed by atoms with Crippen molar-refractivity contribution in [1.29, 1.82) is 0 Å². The van der Waals surface area contributed by atoms with E-state index >= 15 is 0 Å². The van der Waals surface area contributed by atoms with Gasteiger partial charge in [-0.2, -0.15) is 0 Å². The molecule has 5 aliphatic carbocycles. The zero-order chi connectivity index (χ0) is 8.86. The van der Waals surface area contributed by atoms with Crippen molar-refractivity contribution in [3.05, 3.63) is 0 Å². The molecule has 0 N–H and O–H groups in total. The average Bonchev–Trinajstić information content (AvgIpc) is 2.52. The average molecular weight is 188 g/mol.